The molecular formula is C11H17NO3. The number of rotatable bonds is 0. The van der Waals surface area contributed by atoms with Crippen LogP contribution in [0.4, 0.5) is 4.79 Å². The summed E-state index contributed by atoms with van der Waals surface area (Å²) in [4.78, 5) is 24.8. The zero-order valence-electron chi connectivity index (χ0n) is 9.45. The fourth-order valence-electron chi connectivity index (χ4n) is 2.29. The minimum atomic E-state index is -0.455. The zero-order chi connectivity index (χ0) is 11.2. The highest BCUT2D eigenvalue weighted by molar-refractivity contribution is 5.87. The summed E-state index contributed by atoms with van der Waals surface area (Å²) in [5.41, 5.74) is -0.455. The van der Waals surface area contributed by atoms with Gasteiger partial charge in [0, 0.05) is 24.9 Å². The standard InChI is InChI=1S/C11H17NO3/c1-11(2,3)15-10(14)12-6-7-4-8(12)5-9(7)13/h7-8H,4-6H2,1-3H3/t7-,8+/m1/s1. The number of piperidine rings is 1. The van der Waals surface area contributed by atoms with Crippen LogP contribution in [0, 0.1) is 5.92 Å². The Hall–Kier alpha value is -1.06. The lowest BCUT2D eigenvalue weighted by molar-refractivity contribution is -0.122. The summed E-state index contributed by atoms with van der Waals surface area (Å²) in [6.45, 7) is 6.11. The van der Waals surface area contributed by atoms with E-state index in [1.165, 1.54) is 0 Å². The minimum Gasteiger partial charge on any atom is -0.444 e. The third-order valence-corrected chi connectivity index (χ3v) is 2.93. The van der Waals surface area contributed by atoms with Gasteiger partial charge in [0.1, 0.15) is 11.4 Å². The molecule has 0 radical (unpaired) electrons. The Balaban J connectivity index is 1.97. The molecule has 2 rings (SSSR count). The third kappa shape index (κ3) is 1.98. The molecule has 1 aliphatic heterocycles. The SMILES string of the molecule is CC(C)(C)OC(=O)N1C[C@H]2C[C@H]1CC2=O. The molecule has 0 aromatic carbocycles. The molecule has 15 heavy (non-hydrogen) atoms. The van der Waals surface area contributed by atoms with Crippen molar-refractivity contribution in [3.63, 3.8) is 0 Å². The van der Waals surface area contributed by atoms with Gasteiger partial charge in [0.2, 0.25) is 0 Å². The van der Waals surface area contributed by atoms with E-state index in [1.807, 2.05) is 20.8 Å². The van der Waals surface area contributed by atoms with Gasteiger partial charge in [-0.15, -0.1) is 0 Å². The fraction of sp³-hybridized carbons (Fsp3) is 0.818. The van der Waals surface area contributed by atoms with Gasteiger partial charge < -0.3 is 9.64 Å². The molecule has 84 valence electrons. The van der Waals surface area contributed by atoms with Crippen molar-refractivity contribution in [1.82, 2.24) is 4.90 Å². The minimum absolute atomic E-state index is 0.0718. The summed E-state index contributed by atoms with van der Waals surface area (Å²) in [7, 11) is 0. The summed E-state index contributed by atoms with van der Waals surface area (Å²) >= 11 is 0. The number of nitrogens with zero attached hydrogens (tertiary/aromatic N) is 1. The number of fused-ring (bicyclic) bond motifs is 2. The van der Waals surface area contributed by atoms with Crippen LogP contribution in [0.5, 0.6) is 0 Å². The van der Waals surface area contributed by atoms with Crippen LogP contribution in [0.25, 0.3) is 0 Å². The number of ketones is 1. The maximum Gasteiger partial charge on any atom is 0.410 e. The first-order chi connectivity index (χ1) is 6.87. The van der Waals surface area contributed by atoms with Gasteiger partial charge in [-0.05, 0) is 27.2 Å². The van der Waals surface area contributed by atoms with Gasteiger partial charge in [0.25, 0.3) is 0 Å². The highest BCUT2D eigenvalue weighted by Gasteiger charge is 2.46. The van der Waals surface area contributed by atoms with E-state index in [0.717, 1.165) is 6.42 Å². The van der Waals surface area contributed by atoms with Gasteiger partial charge in [-0.3, -0.25) is 4.79 Å². The molecule has 0 aromatic rings. The Bertz CT molecular complexity index is 305. The van der Waals surface area contributed by atoms with Gasteiger partial charge in [-0.1, -0.05) is 0 Å². The second-order valence-electron chi connectivity index (χ2n) is 5.39. The molecule has 0 unspecified atom stereocenters. The summed E-state index contributed by atoms with van der Waals surface area (Å²) in [6.07, 6.45) is 1.07. The normalized spacial score (nSPS) is 29.8. The number of carbonyl (C=O) groups is 2. The number of likely N-dealkylation sites (tertiary alicyclic amines) is 1. The Kier molecular flexibility index (Phi) is 2.24. The molecule has 2 atom stereocenters. The van der Waals surface area contributed by atoms with E-state index in [-0.39, 0.29) is 18.1 Å². The predicted molar refractivity (Wildman–Crippen MR) is 54.5 cm³/mol. The molecule has 1 saturated heterocycles. The van der Waals surface area contributed by atoms with Crippen molar-refractivity contribution >= 4 is 11.9 Å². The van der Waals surface area contributed by atoms with Crippen molar-refractivity contribution in [1.29, 1.82) is 0 Å². The number of hydrogen-bond donors (Lipinski definition) is 0. The van der Waals surface area contributed by atoms with Crippen molar-refractivity contribution in [3.05, 3.63) is 0 Å². The molecule has 4 nitrogen and oxygen atoms in total. The van der Waals surface area contributed by atoms with Crippen LogP contribution in [-0.4, -0.2) is 35.0 Å². The number of Topliss-reactive ketones (excluding diaryl/α,β-unsaturated/α-hetero) is 1. The third-order valence-electron chi connectivity index (χ3n) is 2.93. The maximum atomic E-state index is 11.7. The van der Waals surface area contributed by atoms with Gasteiger partial charge >= 0.3 is 6.09 Å². The lowest BCUT2D eigenvalue weighted by Gasteiger charge is -2.29. The van der Waals surface area contributed by atoms with Gasteiger partial charge in [0.05, 0.1) is 0 Å². The van der Waals surface area contributed by atoms with E-state index >= 15 is 0 Å². The quantitative estimate of drug-likeness (QED) is 0.611. The number of carbonyl (C=O) groups excluding carboxylic acids is 2. The summed E-state index contributed by atoms with van der Waals surface area (Å²) < 4.78 is 5.29. The van der Waals surface area contributed by atoms with E-state index < -0.39 is 5.60 Å². The topological polar surface area (TPSA) is 46.6 Å². The lowest BCUT2D eigenvalue weighted by atomic mass is 10.1. The van der Waals surface area contributed by atoms with Crippen LogP contribution in [0.15, 0.2) is 0 Å². The summed E-state index contributed by atoms with van der Waals surface area (Å²) in [6, 6.07) is 0.0948. The zero-order valence-corrected chi connectivity index (χ0v) is 9.45. The van der Waals surface area contributed by atoms with Gasteiger partial charge in [0.15, 0.2) is 0 Å². The van der Waals surface area contributed by atoms with E-state index in [1.54, 1.807) is 4.90 Å². The fourth-order valence-corrected chi connectivity index (χ4v) is 2.29. The van der Waals surface area contributed by atoms with E-state index in [4.69, 9.17) is 4.74 Å². The van der Waals surface area contributed by atoms with Gasteiger partial charge in [-0.25, -0.2) is 4.79 Å². The van der Waals surface area contributed by atoms with Crippen LogP contribution in [0.1, 0.15) is 33.6 Å². The molecule has 1 heterocycles. The second-order valence-corrected chi connectivity index (χ2v) is 5.39. The molecule has 0 N–H and O–H groups in total. The van der Waals surface area contributed by atoms with Crippen LogP contribution in [0.2, 0.25) is 0 Å². The molecular weight excluding hydrogens is 194 g/mol. The van der Waals surface area contributed by atoms with Crippen molar-refractivity contribution in [2.24, 2.45) is 5.92 Å². The van der Waals surface area contributed by atoms with Crippen LogP contribution in [-0.2, 0) is 9.53 Å². The van der Waals surface area contributed by atoms with E-state index in [0.29, 0.717) is 18.7 Å². The largest absolute Gasteiger partial charge is 0.444 e. The first-order valence-electron chi connectivity index (χ1n) is 5.39. The molecule has 0 aromatic heterocycles. The lowest BCUT2D eigenvalue weighted by Crippen LogP contribution is -2.43. The molecule has 2 aliphatic rings. The van der Waals surface area contributed by atoms with Crippen molar-refractivity contribution in [2.45, 2.75) is 45.3 Å². The van der Waals surface area contributed by atoms with E-state index in [9.17, 15) is 9.59 Å². The Morgan fingerprint density at radius 1 is 1.47 bits per heavy atom. The number of hydrogen-bond acceptors (Lipinski definition) is 3. The molecule has 1 saturated carbocycles. The average molecular weight is 211 g/mol. The smallest absolute Gasteiger partial charge is 0.410 e. The highest BCUT2D eigenvalue weighted by atomic mass is 16.6. The first-order valence-corrected chi connectivity index (χ1v) is 5.39. The Labute approximate surface area is 89.6 Å². The number of ether oxygens (including phenoxy) is 1. The predicted octanol–water partition coefficient (Wildman–Crippen LogP) is 1.58. The Morgan fingerprint density at radius 3 is 2.53 bits per heavy atom. The molecule has 2 fully saturated rings. The molecule has 0 spiro atoms. The monoisotopic (exact) mass is 211 g/mol. The molecule has 4 heteroatoms. The maximum absolute atomic E-state index is 11.7. The number of amides is 1. The van der Waals surface area contributed by atoms with Crippen LogP contribution >= 0.6 is 0 Å². The molecule has 1 aliphatic carbocycles. The van der Waals surface area contributed by atoms with E-state index in [2.05, 4.69) is 0 Å². The Morgan fingerprint density at radius 2 is 2.13 bits per heavy atom. The van der Waals surface area contributed by atoms with Crippen LogP contribution in [0.3, 0.4) is 0 Å². The second kappa shape index (κ2) is 3.22. The highest BCUT2D eigenvalue weighted by Crippen LogP contribution is 2.35. The van der Waals surface area contributed by atoms with Crippen molar-refractivity contribution in [3.8, 4) is 0 Å². The first kappa shape index (κ1) is 10.5. The van der Waals surface area contributed by atoms with Crippen molar-refractivity contribution in [2.75, 3.05) is 6.54 Å². The summed E-state index contributed by atoms with van der Waals surface area (Å²) in [5, 5.41) is 0. The van der Waals surface area contributed by atoms with Gasteiger partial charge in [-0.2, -0.15) is 0 Å². The molecule has 1 amide bonds. The van der Waals surface area contributed by atoms with Crippen molar-refractivity contribution < 1.29 is 14.3 Å². The van der Waals surface area contributed by atoms with Crippen LogP contribution < -0.4 is 0 Å². The average Bonchev–Trinajstić information content (AvgIpc) is 2.58. The summed E-state index contributed by atoms with van der Waals surface area (Å²) in [5.74, 6) is 0.377. The molecule has 2 bridgehead atoms.